The Kier molecular flexibility index (Phi) is 5.53. The Morgan fingerprint density at radius 2 is 2.10 bits per heavy atom. The van der Waals surface area contributed by atoms with E-state index in [9.17, 15) is 14.4 Å². The standard InChI is InChI=1S/C22H27N5O4/c1-14-5-4-6-15(11-14)25-19(28)17-18-20(29)27(16-7-8-16)22(2,12-26(18)13-24-17)21(30)23-9-10-31-3/h4-6,11,13,16H,7-10,12H2,1-3H3,(H,23,30)(H,25,28). The summed E-state index contributed by atoms with van der Waals surface area (Å²) in [5.41, 5.74) is 0.870. The van der Waals surface area contributed by atoms with Gasteiger partial charge in [0.05, 0.1) is 19.5 Å². The molecule has 1 aliphatic carbocycles. The number of nitrogens with one attached hydrogen (secondary N) is 2. The van der Waals surface area contributed by atoms with E-state index in [2.05, 4.69) is 15.6 Å². The Balaban J connectivity index is 1.63. The summed E-state index contributed by atoms with van der Waals surface area (Å²) in [6, 6.07) is 7.40. The Morgan fingerprint density at radius 1 is 1.32 bits per heavy atom. The van der Waals surface area contributed by atoms with Crippen molar-refractivity contribution in [3.63, 3.8) is 0 Å². The number of rotatable bonds is 7. The zero-order chi connectivity index (χ0) is 22.2. The molecule has 1 saturated carbocycles. The highest BCUT2D eigenvalue weighted by molar-refractivity contribution is 6.11. The average Bonchev–Trinajstić information content (AvgIpc) is 3.46. The molecular formula is C22H27N5O4. The van der Waals surface area contributed by atoms with Crippen molar-refractivity contribution in [3.05, 3.63) is 47.5 Å². The Morgan fingerprint density at radius 3 is 2.77 bits per heavy atom. The minimum absolute atomic E-state index is 0.0120. The van der Waals surface area contributed by atoms with Crippen LogP contribution in [0.4, 0.5) is 5.69 Å². The molecule has 1 unspecified atom stereocenters. The van der Waals surface area contributed by atoms with Gasteiger partial charge in [-0.15, -0.1) is 0 Å². The van der Waals surface area contributed by atoms with Gasteiger partial charge in [0.1, 0.15) is 11.2 Å². The minimum atomic E-state index is -1.07. The van der Waals surface area contributed by atoms with Gasteiger partial charge in [0.25, 0.3) is 11.8 Å². The van der Waals surface area contributed by atoms with Crippen molar-refractivity contribution in [2.75, 3.05) is 25.6 Å². The molecule has 31 heavy (non-hydrogen) atoms. The summed E-state index contributed by atoms with van der Waals surface area (Å²) in [4.78, 5) is 45.3. The van der Waals surface area contributed by atoms with E-state index < -0.39 is 11.4 Å². The highest BCUT2D eigenvalue weighted by Crippen LogP contribution is 2.38. The van der Waals surface area contributed by atoms with Gasteiger partial charge in [-0.3, -0.25) is 14.4 Å². The van der Waals surface area contributed by atoms with Crippen LogP contribution >= 0.6 is 0 Å². The molecule has 2 N–H and O–H groups in total. The second kappa shape index (κ2) is 8.14. The molecule has 1 atom stereocenters. The van der Waals surface area contributed by atoms with E-state index in [1.807, 2.05) is 25.1 Å². The number of nitrogens with zero attached hydrogens (tertiary/aromatic N) is 3. The molecule has 0 bridgehead atoms. The summed E-state index contributed by atoms with van der Waals surface area (Å²) < 4.78 is 6.62. The lowest BCUT2D eigenvalue weighted by atomic mass is 9.94. The third-order valence-corrected chi connectivity index (χ3v) is 5.75. The maximum Gasteiger partial charge on any atom is 0.276 e. The third-order valence-electron chi connectivity index (χ3n) is 5.75. The fraction of sp³-hybridized carbons (Fsp3) is 0.455. The number of fused-ring (bicyclic) bond motifs is 1. The van der Waals surface area contributed by atoms with E-state index >= 15 is 0 Å². The Bertz CT molecular complexity index is 1030. The van der Waals surface area contributed by atoms with Crippen molar-refractivity contribution >= 4 is 23.4 Å². The Labute approximate surface area is 180 Å². The first-order valence-corrected chi connectivity index (χ1v) is 10.4. The number of imidazole rings is 1. The molecule has 1 aromatic heterocycles. The summed E-state index contributed by atoms with van der Waals surface area (Å²) in [5.74, 6) is -1.03. The molecule has 3 amide bonds. The molecule has 2 heterocycles. The summed E-state index contributed by atoms with van der Waals surface area (Å²) in [5, 5.41) is 5.67. The lowest BCUT2D eigenvalue weighted by molar-refractivity contribution is -0.133. The molecule has 164 valence electrons. The second-order valence-corrected chi connectivity index (χ2v) is 8.32. The molecule has 0 spiro atoms. The first-order valence-electron chi connectivity index (χ1n) is 10.4. The molecule has 0 radical (unpaired) electrons. The lowest BCUT2D eigenvalue weighted by Gasteiger charge is -2.44. The van der Waals surface area contributed by atoms with Gasteiger partial charge in [-0.05, 0) is 44.4 Å². The summed E-state index contributed by atoms with van der Waals surface area (Å²) >= 11 is 0. The van der Waals surface area contributed by atoms with Crippen molar-refractivity contribution in [3.8, 4) is 0 Å². The molecule has 9 nitrogen and oxygen atoms in total. The number of methoxy groups -OCH3 is 1. The Hall–Kier alpha value is -3.20. The van der Waals surface area contributed by atoms with Gasteiger partial charge in [0, 0.05) is 25.4 Å². The molecular weight excluding hydrogens is 398 g/mol. The van der Waals surface area contributed by atoms with Crippen molar-refractivity contribution in [2.24, 2.45) is 0 Å². The van der Waals surface area contributed by atoms with Gasteiger partial charge in [-0.2, -0.15) is 0 Å². The van der Waals surface area contributed by atoms with Crippen LogP contribution in [-0.2, 0) is 16.1 Å². The van der Waals surface area contributed by atoms with Crippen LogP contribution in [0.25, 0.3) is 0 Å². The third kappa shape index (κ3) is 3.93. The van der Waals surface area contributed by atoms with E-state index in [1.54, 1.807) is 29.6 Å². The number of anilines is 1. The number of aryl methyl sites for hydroxylation is 1. The monoisotopic (exact) mass is 425 g/mol. The van der Waals surface area contributed by atoms with Crippen LogP contribution in [0.2, 0.25) is 0 Å². The summed E-state index contributed by atoms with van der Waals surface area (Å²) in [7, 11) is 1.57. The molecule has 2 aliphatic rings. The minimum Gasteiger partial charge on any atom is -0.383 e. The zero-order valence-electron chi connectivity index (χ0n) is 18.0. The van der Waals surface area contributed by atoms with Crippen LogP contribution in [0.15, 0.2) is 30.6 Å². The van der Waals surface area contributed by atoms with E-state index in [0.29, 0.717) is 18.8 Å². The number of ether oxygens (including phenoxy) is 1. The SMILES string of the molecule is COCCNC(=O)C1(C)Cn2cnc(C(=O)Nc3cccc(C)c3)c2C(=O)N1C1CC1. The quantitative estimate of drug-likeness (QED) is 0.656. The van der Waals surface area contributed by atoms with Crippen molar-refractivity contribution < 1.29 is 19.1 Å². The summed E-state index contributed by atoms with van der Waals surface area (Å²) in [6.07, 6.45) is 3.14. The van der Waals surface area contributed by atoms with Crippen molar-refractivity contribution in [2.45, 2.75) is 44.8 Å². The highest BCUT2D eigenvalue weighted by Gasteiger charge is 2.53. The molecule has 1 aromatic carbocycles. The fourth-order valence-corrected chi connectivity index (χ4v) is 4.09. The van der Waals surface area contributed by atoms with Crippen molar-refractivity contribution in [1.29, 1.82) is 0 Å². The number of carbonyl (C=O) groups is 3. The first kappa shape index (κ1) is 21.0. The van der Waals surface area contributed by atoms with Crippen LogP contribution < -0.4 is 10.6 Å². The predicted octanol–water partition coefficient (Wildman–Crippen LogP) is 1.58. The maximum atomic E-state index is 13.5. The predicted molar refractivity (Wildman–Crippen MR) is 114 cm³/mol. The lowest BCUT2D eigenvalue weighted by Crippen LogP contribution is -2.65. The van der Waals surface area contributed by atoms with Crippen LogP contribution in [0.1, 0.15) is 46.3 Å². The molecule has 1 aliphatic heterocycles. The fourth-order valence-electron chi connectivity index (χ4n) is 4.09. The maximum absolute atomic E-state index is 13.5. The number of amides is 3. The average molecular weight is 425 g/mol. The number of benzene rings is 1. The van der Waals surface area contributed by atoms with Gasteiger partial charge >= 0.3 is 0 Å². The van der Waals surface area contributed by atoms with E-state index in [-0.39, 0.29) is 35.8 Å². The number of hydrogen-bond donors (Lipinski definition) is 2. The van der Waals surface area contributed by atoms with E-state index in [0.717, 1.165) is 18.4 Å². The molecule has 2 aromatic rings. The first-order chi connectivity index (χ1) is 14.8. The smallest absolute Gasteiger partial charge is 0.276 e. The van der Waals surface area contributed by atoms with Gasteiger partial charge in [-0.25, -0.2) is 4.98 Å². The number of aromatic nitrogens is 2. The van der Waals surface area contributed by atoms with Crippen LogP contribution in [0, 0.1) is 6.92 Å². The highest BCUT2D eigenvalue weighted by atomic mass is 16.5. The van der Waals surface area contributed by atoms with Gasteiger partial charge < -0.3 is 24.8 Å². The molecule has 9 heteroatoms. The van der Waals surface area contributed by atoms with E-state index in [4.69, 9.17) is 4.74 Å². The molecule has 4 rings (SSSR count). The van der Waals surface area contributed by atoms with Crippen molar-refractivity contribution in [1.82, 2.24) is 19.8 Å². The summed E-state index contributed by atoms with van der Waals surface area (Å²) in [6.45, 7) is 4.68. The number of carbonyl (C=O) groups excluding carboxylic acids is 3. The van der Waals surface area contributed by atoms with Gasteiger partial charge in [-0.1, -0.05) is 12.1 Å². The van der Waals surface area contributed by atoms with E-state index in [1.165, 1.54) is 6.33 Å². The molecule has 0 saturated heterocycles. The second-order valence-electron chi connectivity index (χ2n) is 8.32. The normalized spacial score (nSPS) is 20.4. The van der Waals surface area contributed by atoms with Crippen LogP contribution in [-0.4, -0.2) is 64.0 Å². The molecule has 1 fully saturated rings. The van der Waals surface area contributed by atoms with Gasteiger partial charge in [0.15, 0.2) is 5.69 Å². The number of hydrogen-bond acceptors (Lipinski definition) is 5. The van der Waals surface area contributed by atoms with Gasteiger partial charge in [0.2, 0.25) is 5.91 Å². The largest absolute Gasteiger partial charge is 0.383 e. The zero-order valence-corrected chi connectivity index (χ0v) is 18.0. The van der Waals surface area contributed by atoms with Crippen LogP contribution in [0.5, 0.6) is 0 Å². The topological polar surface area (TPSA) is 106 Å². The van der Waals surface area contributed by atoms with Crippen LogP contribution in [0.3, 0.4) is 0 Å².